The molecule has 1 fully saturated rings. The third-order valence-corrected chi connectivity index (χ3v) is 4.20. The number of hydrogen-bond donors (Lipinski definition) is 1. The maximum Gasteiger partial charge on any atom is 0.226 e. The van der Waals surface area contributed by atoms with Crippen molar-refractivity contribution in [1.29, 1.82) is 0 Å². The highest BCUT2D eigenvalue weighted by atomic mass is 35.5. The molecule has 21 heavy (non-hydrogen) atoms. The number of hydrogen-bond acceptors (Lipinski definition) is 3. The number of carbonyl (C=O) groups is 1. The number of rotatable bonds is 5. The molecule has 1 aromatic rings. The second-order valence-corrected chi connectivity index (χ2v) is 6.09. The molecular weight excluding hydrogens is 288 g/mol. The highest BCUT2D eigenvalue weighted by Gasteiger charge is 2.25. The molecule has 1 heterocycles. The molecule has 2 rings (SSSR count). The van der Waals surface area contributed by atoms with Crippen molar-refractivity contribution in [3.05, 3.63) is 29.3 Å². The average Bonchev–Trinajstić information content (AvgIpc) is 2.49. The minimum atomic E-state index is 0.144. The van der Waals surface area contributed by atoms with Crippen LogP contribution in [0.5, 0.6) is 5.75 Å². The van der Waals surface area contributed by atoms with Gasteiger partial charge >= 0.3 is 0 Å². The molecule has 1 amide bonds. The summed E-state index contributed by atoms with van der Waals surface area (Å²) in [6.07, 6.45) is 2.55. The van der Waals surface area contributed by atoms with Gasteiger partial charge in [-0.3, -0.25) is 4.79 Å². The second kappa shape index (κ2) is 7.66. The number of piperidine rings is 1. The minimum Gasteiger partial charge on any atom is -0.493 e. The molecule has 0 saturated carbocycles. The van der Waals surface area contributed by atoms with Gasteiger partial charge in [0.1, 0.15) is 5.75 Å². The van der Waals surface area contributed by atoms with Gasteiger partial charge in [-0.15, -0.1) is 0 Å². The van der Waals surface area contributed by atoms with Crippen LogP contribution in [0.1, 0.15) is 26.2 Å². The lowest BCUT2D eigenvalue weighted by Gasteiger charge is -2.34. The number of nitrogens with two attached hydrogens (primary N) is 1. The van der Waals surface area contributed by atoms with Gasteiger partial charge in [0.05, 0.1) is 13.0 Å². The van der Waals surface area contributed by atoms with E-state index in [1.807, 2.05) is 11.8 Å². The number of likely N-dealkylation sites (tertiary alicyclic amines) is 1. The van der Waals surface area contributed by atoms with Gasteiger partial charge in [-0.05, 0) is 49.9 Å². The van der Waals surface area contributed by atoms with Gasteiger partial charge in [0.15, 0.2) is 0 Å². The fourth-order valence-corrected chi connectivity index (χ4v) is 2.74. The monoisotopic (exact) mass is 310 g/mol. The van der Waals surface area contributed by atoms with Gasteiger partial charge < -0.3 is 15.4 Å². The highest BCUT2D eigenvalue weighted by molar-refractivity contribution is 6.30. The van der Waals surface area contributed by atoms with Crippen LogP contribution in [0.15, 0.2) is 24.3 Å². The van der Waals surface area contributed by atoms with Crippen LogP contribution in [-0.4, -0.2) is 36.5 Å². The molecular formula is C16H23ClN2O2. The zero-order chi connectivity index (χ0) is 15.2. The first-order valence-electron chi connectivity index (χ1n) is 7.48. The molecule has 1 aliphatic heterocycles. The molecule has 1 aliphatic rings. The van der Waals surface area contributed by atoms with Crippen molar-refractivity contribution in [1.82, 2.24) is 4.90 Å². The lowest BCUT2D eigenvalue weighted by Crippen LogP contribution is -2.45. The van der Waals surface area contributed by atoms with Crippen LogP contribution in [0.25, 0.3) is 0 Å². The van der Waals surface area contributed by atoms with Crippen molar-refractivity contribution < 1.29 is 9.53 Å². The first-order valence-corrected chi connectivity index (χ1v) is 7.86. The smallest absolute Gasteiger partial charge is 0.226 e. The number of benzene rings is 1. The van der Waals surface area contributed by atoms with Gasteiger partial charge in [-0.2, -0.15) is 0 Å². The van der Waals surface area contributed by atoms with E-state index in [1.54, 1.807) is 24.3 Å². The summed E-state index contributed by atoms with van der Waals surface area (Å²) in [5.41, 5.74) is 5.94. The van der Waals surface area contributed by atoms with Gasteiger partial charge in [-0.1, -0.05) is 11.6 Å². The Morgan fingerprint density at radius 2 is 2.19 bits per heavy atom. The Morgan fingerprint density at radius 3 is 2.86 bits per heavy atom. The maximum atomic E-state index is 12.2. The lowest BCUT2D eigenvalue weighted by molar-refractivity contribution is -0.133. The third kappa shape index (κ3) is 4.90. The summed E-state index contributed by atoms with van der Waals surface area (Å²) < 4.78 is 5.57. The predicted octanol–water partition coefficient (Wildman–Crippen LogP) is 2.69. The van der Waals surface area contributed by atoms with Crippen molar-refractivity contribution in [3.8, 4) is 5.75 Å². The minimum absolute atomic E-state index is 0.144. The van der Waals surface area contributed by atoms with Crippen molar-refractivity contribution in [2.75, 3.05) is 19.7 Å². The molecule has 116 valence electrons. The number of amides is 1. The number of halogens is 1. The van der Waals surface area contributed by atoms with Crippen molar-refractivity contribution in [2.24, 2.45) is 11.7 Å². The molecule has 2 unspecified atom stereocenters. The first kappa shape index (κ1) is 16.1. The molecule has 0 bridgehead atoms. The molecule has 5 heteroatoms. The zero-order valence-electron chi connectivity index (χ0n) is 12.4. The molecule has 0 spiro atoms. The van der Waals surface area contributed by atoms with Crippen LogP contribution < -0.4 is 10.5 Å². The summed E-state index contributed by atoms with van der Waals surface area (Å²) in [6, 6.07) is 7.30. The summed E-state index contributed by atoms with van der Waals surface area (Å²) in [6.45, 7) is 4.02. The predicted molar refractivity (Wildman–Crippen MR) is 84.5 cm³/mol. The topological polar surface area (TPSA) is 55.6 Å². The van der Waals surface area contributed by atoms with E-state index in [-0.39, 0.29) is 11.9 Å². The fraction of sp³-hybridized carbons (Fsp3) is 0.562. The zero-order valence-corrected chi connectivity index (χ0v) is 13.2. The van der Waals surface area contributed by atoms with Crippen molar-refractivity contribution in [3.63, 3.8) is 0 Å². The number of carbonyl (C=O) groups excluding carboxylic acids is 1. The fourth-order valence-electron chi connectivity index (χ4n) is 2.61. The van der Waals surface area contributed by atoms with E-state index in [0.29, 0.717) is 24.0 Å². The molecule has 1 aromatic carbocycles. The molecule has 0 aliphatic carbocycles. The maximum absolute atomic E-state index is 12.2. The Kier molecular flexibility index (Phi) is 5.88. The van der Waals surface area contributed by atoms with Crippen LogP contribution in [0.2, 0.25) is 5.02 Å². The third-order valence-electron chi connectivity index (χ3n) is 3.95. The molecule has 2 N–H and O–H groups in total. The number of nitrogens with zero attached hydrogens (tertiary/aromatic N) is 1. The SMILES string of the molecule is CC(N)C1CCCN(C(=O)CCOc2ccc(Cl)cc2)C1. The van der Waals surface area contributed by atoms with E-state index in [1.165, 1.54) is 0 Å². The molecule has 2 atom stereocenters. The molecule has 0 radical (unpaired) electrons. The lowest BCUT2D eigenvalue weighted by atomic mass is 9.92. The van der Waals surface area contributed by atoms with E-state index in [9.17, 15) is 4.79 Å². The van der Waals surface area contributed by atoms with E-state index in [0.717, 1.165) is 31.7 Å². The normalized spacial score (nSPS) is 20.1. The summed E-state index contributed by atoms with van der Waals surface area (Å²) in [4.78, 5) is 14.1. The molecule has 0 aromatic heterocycles. The van der Waals surface area contributed by atoms with Crippen LogP contribution in [0.3, 0.4) is 0 Å². The van der Waals surface area contributed by atoms with Gasteiger partial charge in [-0.25, -0.2) is 0 Å². The Balaban J connectivity index is 1.75. The number of ether oxygens (including phenoxy) is 1. The second-order valence-electron chi connectivity index (χ2n) is 5.65. The molecule has 4 nitrogen and oxygen atoms in total. The quantitative estimate of drug-likeness (QED) is 0.909. The molecule has 1 saturated heterocycles. The van der Waals surface area contributed by atoms with E-state index >= 15 is 0 Å². The Morgan fingerprint density at radius 1 is 1.48 bits per heavy atom. The van der Waals surface area contributed by atoms with Crippen LogP contribution in [0.4, 0.5) is 0 Å². The van der Waals surface area contributed by atoms with Crippen molar-refractivity contribution in [2.45, 2.75) is 32.2 Å². The largest absolute Gasteiger partial charge is 0.493 e. The van der Waals surface area contributed by atoms with Gasteiger partial charge in [0, 0.05) is 24.2 Å². The van der Waals surface area contributed by atoms with E-state index < -0.39 is 0 Å². The van der Waals surface area contributed by atoms with E-state index in [2.05, 4.69) is 0 Å². The van der Waals surface area contributed by atoms with Crippen molar-refractivity contribution >= 4 is 17.5 Å². The standard InChI is InChI=1S/C16H23ClN2O2/c1-12(18)13-3-2-9-19(11-13)16(20)8-10-21-15-6-4-14(17)5-7-15/h4-7,12-13H,2-3,8-11,18H2,1H3. The summed E-state index contributed by atoms with van der Waals surface area (Å²) >= 11 is 5.81. The highest BCUT2D eigenvalue weighted by Crippen LogP contribution is 2.20. The van der Waals surface area contributed by atoms with Gasteiger partial charge in [0.25, 0.3) is 0 Å². The van der Waals surface area contributed by atoms with E-state index in [4.69, 9.17) is 22.1 Å². The van der Waals surface area contributed by atoms with Crippen LogP contribution in [-0.2, 0) is 4.79 Å². The Labute approximate surface area is 131 Å². The average molecular weight is 311 g/mol. The van der Waals surface area contributed by atoms with Crippen LogP contribution >= 0.6 is 11.6 Å². The summed E-state index contributed by atoms with van der Waals surface area (Å²) in [5.74, 6) is 1.30. The summed E-state index contributed by atoms with van der Waals surface area (Å²) in [7, 11) is 0. The first-order chi connectivity index (χ1) is 10.1. The Bertz CT molecular complexity index is 462. The Hall–Kier alpha value is -1.26. The summed E-state index contributed by atoms with van der Waals surface area (Å²) in [5, 5.41) is 0.675. The van der Waals surface area contributed by atoms with Gasteiger partial charge in [0.2, 0.25) is 5.91 Å². The van der Waals surface area contributed by atoms with Crippen LogP contribution in [0, 0.1) is 5.92 Å².